The average Bonchev–Trinajstić information content (AvgIpc) is 2.80. The first-order valence-electron chi connectivity index (χ1n) is 11.1. The number of aromatic nitrogens is 1. The summed E-state index contributed by atoms with van der Waals surface area (Å²) in [7, 11) is 1.43. The number of amides is 2. The van der Waals surface area contributed by atoms with E-state index in [2.05, 4.69) is 16.0 Å². The van der Waals surface area contributed by atoms with E-state index in [0.29, 0.717) is 23.6 Å². The summed E-state index contributed by atoms with van der Waals surface area (Å²) < 4.78 is 14.9. The Morgan fingerprint density at radius 1 is 1.19 bits per heavy atom. The van der Waals surface area contributed by atoms with Crippen LogP contribution in [0.1, 0.15) is 57.5 Å². The van der Waals surface area contributed by atoms with Gasteiger partial charge >= 0.3 is 0 Å². The van der Waals surface area contributed by atoms with E-state index < -0.39 is 11.5 Å². The monoisotopic (exact) mass is 442 g/mol. The Labute approximate surface area is 187 Å². The molecular formula is C24H31FN4O3. The minimum atomic E-state index is -0.556. The number of benzene rings is 1. The lowest BCUT2D eigenvalue weighted by molar-refractivity contribution is 0.0951. The summed E-state index contributed by atoms with van der Waals surface area (Å²) in [4.78, 5) is 37.8. The Balaban J connectivity index is 1.74. The third-order valence-corrected chi connectivity index (χ3v) is 5.93. The molecule has 1 saturated heterocycles. The highest BCUT2D eigenvalue weighted by Gasteiger charge is 2.18. The lowest BCUT2D eigenvalue weighted by Gasteiger charge is -2.22. The molecule has 1 aromatic heterocycles. The van der Waals surface area contributed by atoms with Gasteiger partial charge in [0.15, 0.2) is 0 Å². The third-order valence-electron chi connectivity index (χ3n) is 5.93. The van der Waals surface area contributed by atoms with Crippen LogP contribution in [0.4, 0.5) is 4.39 Å². The topological polar surface area (TPSA) is 92.2 Å². The second-order valence-electron chi connectivity index (χ2n) is 8.33. The van der Waals surface area contributed by atoms with Gasteiger partial charge in [-0.15, -0.1) is 0 Å². The van der Waals surface area contributed by atoms with Crippen molar-refractivity contribution in [3.05, 3.63) is 68.9 Å². The van der Waals surface area contributed by atoms with Gasteiger partial charge in [0.25, 0.3) is 17.4 Å². The average molecular weight is 443 g/mol. The van der Waals surface area contributed by atoms with Crippen LogP contribution >= 0.6 is 0 Å². The fraction of sp³-hybridized carbons (Fsp3) is 0.458. The maximum absolute atomic E-state index is 13.6. The van der Waals surface area contributed by atoms with Crippen molar-refractivity contribution in [2.75, 3.05) is 26.7 Å². The summed E-state index contributed by atoms with van der Waals surface area (Å²) in [6.07, 6.45) is 5.73. The van der Waals surface area contributed by atoms with Gasteiger partial charge in [0.2, 0.25) is 0 Å². The molecule has 0 aliphatic carbocycles. The number of nitrogens with one attached hydrogen (secondary N) is 3. The summed E-state index contributed by atoms with van der Waals surface area (Å²) >= 11 is 0. The van der Waals surface area contributed by atoms with Crippen molar-refractivity contribution in [3.63, 3.8) is 0 Å². The maximum Gasteiger partial charge on any atom is 0.263 e. The number of aryl methyl sites for hydroxylation is 1. The largest absolute Gasteiger partial charge is 0.355 e. The van der Waals surface area contributed by atoms with Crippen LogP contribution in [-0.4, -0.2) is 43.1 Å². The summed E-state index contributed by atoms with van der Waals surface area (Å²) in [6.45, 7) is 4.41. The van der Waals surface area contributed by atoms with Gasteiger partial charge in [-0.1, -0.05) is 12.1 Å². The van der Waals surface area contributed by atoms with Crippen molar-refractivity contribution in [2.24, 2.45) is 5.92 Å². The van der Waals surface area contributed by atoms with Gasteiger partial charge in [0.05, 0.1) is 12.1 Å². The molecule has 0 unspecified atom stereocenters. The normalized spacial score (nSPS) is 14.2. The minimum absolute atomic E-state index is 0.103. The van der Waals surface area contributed by atoms with Crippen LogP contribution in [0.15, 0.2) is 35.3 Å². The second-order valence-corrected chi connectivity index (χ2v) is 8.33. The maximum atomic E-state index is 13.6. The Morgan fingerprint density at radius 2 is 1.94 bits per heavy atom. The van der Waals surface area contributed by atoms with E-state index in [-0.39, 0.29) is 29.4 Å². The van der Waals surface area contributed by atoms with Gasteiger partial charge in [-0.25, -0.2) is 4.39 Å². The second kappa shape index (κ2) is 11.0. The number of hydrogen-bond acceptors (Lipinski definition) is 4. The zero-order valence-electron chi connectivity index (χ0n) is 18.7. The predicted molar refractivity (Wildman–Crippen MR) is 121 cm³/mol. The van der Waals surface area contributed by atoms with Crippen LogP contribution < -0.4 is 21.5 Å². The molecule has 172 valence electrons. The molecule has 0 radical (unpaired) electrons. The predicted octanol–water partition coefficient (Wildman–Crippen LogP) is 2.21. The van der Waals surface area contributed by atoms with Crippen molar-refractivity contribution in [3.8, 4) is 0 Å². The van der Waals surface area contributed by atoms with Gasteiger partial charge in [0.1, 0.15) is 11.4 Å². The molecule has 3 N–H and O–H groups in total. The highest BCUT2D eigenvalue weighted by atomic mass is 19.1. The molecule has 3 rings (SSSR count). The molecule has 1 aromatic carbocycles. The number of nitrogens with zero attached hydrogens (tertiary/aromatic N) is 1. The van der Waals surface area contributed by atoms with E-state index in [1.54, 1.807) is 19.1 Å². The van der Waals surface area contributed by atoms with Crippen LogP contribution in [0.2, 0.25) is 0 Å². The van der Waals surface area contributed by atoms with E-state index in [0.717, 1.165) is 38.8 Å². The number of halogens is 1. The molecule has 1 aliphatic rings. The first-order chi connectivity index (χ1) is 15.4. The molecule has 8 heteroatoms. The van der Waals surface area contributed by atoms with E-state index >= 15 is 0 Å². The molecule has 7 nitrogen and oxygen atoms in total. The fourth-order valence-corrected chi connectivity index (χ4v) is 4.04. The van der Waals surface area contributed by atoms with Crippen LogP contribution in [0.5, 0.6) is 0 Å². The van der Waals surface area contributed by atoms with Crippen molar-refractivity contribution in [1.82, 2.24) is 20.5 Å². The zero-order chi connectivity index (χ0) is 23.1. The molecular weight excluding hydrogens is 411 g/mol. The van der Waals surface area contributed by atoms with E-state index in [4.69, 9.17) is 0 Å². The molecule has 2 heterocycles. The Bertz CT molecular complexity index is 1030. The van der Waals surface area contributed by atoms with Crippen LogP contribution in [0.3, 0.4) is 0 Å². The number of pyridine rings is 1. The zero-order valence-corrected chi connectivity index (χ0v) is 18.7. The van der Waals surface area contributed by atoms with Gasteiger partial charge in [-0.2, -0.15) is 0 Å². The fourth-order valence-electron chi connectivity index (χ4n) is 4.04. The van der Waals surface area contributed by atoms with Gasteiger partial charge in [-0.3, -0.25) is 14.4 Å². The Morgan fingerprint density at radius 3 is 2.62 bits per heavy atom. The molecule has 1 fully saturated rings. The van der Waals surface area contributed by atoms with Gasteiger partial charge in [-0.05, 0) is 74.9 Å². The molecule has 0 spiro atoms. The Hall–Kier alpha value is -3.00. The molecule has 2 aromatic rings. The minimum Gasteiger partial charge on any atom is -0.355 e. The summed E-state index contributed by atoms with van der Waals surface area (Å²) in [5.41, 5.74) is 0.796. The lowest BCUT2D eigenvalue weighted by atomic mass is 9.93. The number of hydrogen-bond donors (Lipinski definition) is 3. The number of rotatable bonds is 8. The van der Waals surface area contributed by atoms with Crippen LogP contribution in [0.25, 0.3) is 0 Å². The van der Waals surface area contributed by atoms with Crippen molar-refractivity contribution >= 4 is 11.8 Å². The molecule has 32 heavy (non-hydrogen) atoms. The lowest BCUT2D eigenvalue weighted by Crippen LogP contribution is -2.34. The number of piperidine rings is 1. The molecule has 0 atom stereocenters. The highest BCUT2D eigenvalue weighted by Crippen LogP contribution is 2.17. The van der Waals surface area contributed by atoms with Crippen LogP contribution in [-0.2, 0) is 6.54 Å². The third kappa shape index (κ3) is 6.03. The van der Waals surface area contributed by atoms with Gasteiger partial charge in [0, 0.05) is 19.8 Å². The number of carbonyl (C=O) groups is 2. The van der Waals surface area contributed by atoms with E-state index in [1.165, 1.54) is 29.9 Å². The number of carbonyl (C=O) groups excluding carboxylic acids is 2. The summed E-state index contributed by atoms with van der Waals surface area (Å²) in [5, 5.41) is 8.69. The highest BCUT2D eigenvalue weighted by molar-refractivity contribution is 5.99. The SMILES string of the molecule is CNC(=O)c1cc(C(=O)NCCCC2CCNCC2)cn(Cc2ccc(F)c(C)c2)c1=O. The molecule has 2 amide bonds. The molecule has 1 aliphatic heterocycles. The standard InChI is InChI=1S/C24H31FN4O3/c1-16-12-18(5-6-21(16)25)14-29-15-19(13-20(24(29)32)23(31)26-2)22(30)28-9-3-4-17-7-10-27-11-8-17/h5-6,12-13,15,17,27H,3-4,7-11,14H2,1-2H3,(H,26,31)(H,28,30). The quantitative estimate of drug-likeness (QED) is 0.547. The van der Waals surface area contributed by atoms with Crippen molar-refractivity contribution in [1.29, 1.82) is 0 Å². The van der Waals surface area contributed by atoms with E-state index in [1.807, 2.05) is 0 Å². The first-order valence-corrected chi connectivity index (χ1v) is 11.1. The summed E-state index contributed by atoms with van der Waals surface area (Å²) in [6, 6.07) is 5.90. The van der Waals surface area contributed by atoms with Crippen molar-refractivity contribution in [2.45, 2.75) is 39.2 Å². The van der Waals surface area contributed by atoms with Crippen LogP contribution in [0, 0.1) is 18.7 Å². The van der Waals surface area contributed by atoms with Gasteiger partial charge < -0.3 is 20.5 Å². The van der Waals surface area contributed by atoms with Crippen molar-refractivity contribution < 1.29 is 14.0 Å². The first kappa shape index (κ1) is 23.7. The molecule has 0 bridgehead atoms. The summed E-state index contributed by atoms with van der Waals surface area (Å²) in [5.74, 6) is -0.525. The smallest absolute Gasteiger partial charge is 0.263 e. The molecule has 0 saturated carbocycles. The van der Waals surface area contributed by atoms with E-state index in [9.17, 15) is 18.8 Å². The Kier molecular flexibility index (Phi) is 8.16.